The molecule has 0 heterocycles. The molecule has 0 aliphatic rings. The smallest absolute Gasteiger partial charge is 0.200 e. The van der Waals surface area contributed by atoms with Gasteiger partial charge >= 0.3 is 0 Å². The first-order valence-corrected chi connectivity index (χ1v) is 10.1. The Kier molecular flexibility index (Phi) is 7.39. The highest BCUT2D eigenvalue weighted by Gasteiger charge is 2.14. The number of methoxy groups -OCH3 is 1. The molecule has 0 amide bonds. The first kappa shape index (κ1) is 21.8. The molecule has 30 heavy (non-hydrogen) atoms. The van der Waals surface area contributed by atoms with Gasteiger partial charge in [-0.3, -0.25) is 0 Å². The van der Waals surface area contributed by atoms with Crippen molar-refractivity contribution in [2.24, 2.45) is 0 Å². The number of hydrogen-bond donors (Lipinski definition) is 0. The Hall–Kier alpha value is -2.95. The number of hydrogen-bond acceptors (Lipinski definition) is 2. The maximum Gasteiger partial charge on any atom is 0.200 e. The van der Waals surface area contributed by atoms with Gasteiger partial charge in [-0.05, 0) is 47.7 Å². The highest BCUT2D eigenvalue weighted by molar-refractivity contribution is 5.65. The van der Waals surface area contributed by atoms with Crippen LogP contribution in [0.15, 0.2) is 54.6 Å². The van der Waals surface area contributed by atoms with Gasteiger partial charge in [0, 0.05) is 11.6 Å². The van der Waals surface area contributed by atoms with Crippen LogP contribution in [0.5, 0.6) is 11.5 Å². The zero-order chi connectivity index (χ0) is 21.5. The van der Waals surface area contributed by atoms with E-state index in [2.05, 4.69) is 6.92 Å². The van der Waals surface area contributed by atoms with Crippen LogP contribution in [0.3, 0.4) is 0 Å². The molecule has 2 nitrogen and oxygen atoms in total. The number of unbranched alkanes of at least 4 members (excludes halogenated alkanes) is 2. The van der Waals surface area contributed by atoms with Gasteiger partial charge in [0.05, 0.1) is 7.11 Å². The van der Waals surface area contributed by atoms with E-state index in [0.717, 1.165) is 24.8 Å². The number of rotatable bonds is 9. The van der Waals surface area contributed by atoms with Crippen LogP contribution in [0.4, 0.5) is 13.2 Å². The molecular formula is C25H25F3O2. The van der Waals surface area contributed by atoms with Gasteiger partial charge < -0.3 is 9.47 Å². The lowest BCUT2D eigenvalue weighted by atomic mass is 10.0. The van der Waals surface area contributed by atoms with Crippen LogP contribution in [0.25, 0.3) is 11.1 Å². The van der Waals surface area contributed by atoms with E-state index in [-0.39, 0.29) is 18.2 Å². The maximum absolute atomic E-state index is 14.3. The first-order valence-electron chi connectivity index (χ1n) is 10.1. The van der Waals surface area contributed by atoms with E-state index in [1.54, 1.807) is 42.5 Å². The molecule has 0 aliphatic carbocycles. The summed E-state index contributed by atoms with van der Waals surface area (Å²) in [6.45, 7) is 2.14. The fraction of sp³-hybridized carbons (Fsp3) is 0.280. The molecule has 158 valence electrons. The monoisotopic (exact) mass is 414 g/mol. The van der Waals surface area contributed by atoms with Crippen molar-refractivity contribution in [3.05, 3.63) is 83.2 Å². The van der Waals surface area contributed by atoms with E-state index in [1.807, 2.05) is 0 Å². The Bertz CT molecular complexity index is 984. The van der Waals surface area contributed by atoms with Crippen molar-refractivity contribution in [1.29, 1.82) is 0 Å². The SMILES string of the molecule is CCCCCc1ccc(OCc2ccc(-c3ccc(OC)cc3F)cc2)c(F)c1F. The average Bonchev–Trinajstić information content (AvgIpc) is 2.76. The molecule has 0 atom stereocenters. The molecule has 0 bridgehead atoms. The first-order chi connectivity index (χ1) is 14.5. The summed E-state index contributed by atoms with van der Waals surface area (Å²) in [5.41, 5.74) is 2.29. The summed E-state index contributed by atoms with van der Waals surface area (Å²) in [7, 11) is 1.48. The maximum atomic E-state index is 14.3. The fourth-order valence-corrected chi connectivity index (χ4v) is 3.24. The number of benzene rings is 3. The van der Waals surface area contributed by atoms with Gasteiger partial charge in [0.25, 0.3) is 0 Å². The van der Waals surface area contributed by atoms with E-state index in [4.69, 9.17) is 9.47 Å². The van der Waals surface area contributed by atoms with E-state index in [0.29, 0.717) is 28.9 Å². The normalized spacial score (nSPS) is 10.8. The second kappa shape index (κ2) is 10.2. The summed E-state index contributed by atoms with van der Waals surface area (Å²) in [4.78, 5) is 0. The third-order valence-corrected chi connectivity index (χ3v) is 5.01. The minimum atomic E-state index is -0.957. The molecule has 0 aliphatic heterocycles. The highest BCUT2D eigenvalue weighted by atomic mass is 19.2. The van der Waals surface area contributed by atoms with E-state index in [1.165, 1.54) is 19.2 Å². The van der Waals surface area contributed by atoms with Gasteiger partial charge in [0.2, 0.25) is 5.82 Å². The third-order valence-electron chi connectivity index (χ3n) is 5.01. The number of halogens is 3. The fourth-order valence-electron chi connectivity index (χ4n) is 3.24. The van der Waals surface area contributed by atoms with Gasteiger partial charge in [-0.15, -0.1) is 0 Å². The summed E-state index contributed by atoms with van der Waals surface area (Å²) in [6, 6.07) is 14.8. The Morgan fingerprint density at radius 3 is 2.27 bits per heavy atom. The predicted molar refractivity (Wildman–Crippen MR) is 112 cm³/mol. The molecule has 0 N–H and O–H groups in total. The van der Waals surface area contributed by atoms with E-state index >= 15 is 0 Å². The van der Waals surface area contributed by atoms with Crippen LogP contribution in [-0.4, -0.2) is 7.11 Å². The van der Waals surface area contributed by atoms with Crippen molar-refractivity contribution in [2.45, 2.75) is 39.2 Å². The Morgan fingerprint density at radius 2 is 1.60 bits per heavy atom. The summed E-state index contributed by atoms with van der Waals surface area (Å²) in [6.07, 6.45) is 3.35. The van der Waals surface area contributed by atoms with Gasteiger partial charge in [-0.25, -0.2) is 8.78 Å². The molecule has 5 heteroatoms. The lowest BCUT2D eigenvalue weighted by molar-refractivity contribution is 0.284. The molecule has 0 saturated carbocycles. The van der Waals surface area contributed by atoms with Crippen molar-refractivity contribution < 1.29 is 22.6 Å². The Labute approximate surface area is 175 Å². The van der Waals surface area contributed by atoms with Gasteiger partial charge in [0.1, 0.15) is 18.2 Å². The zero-order valence-corrected chi connectivity index (χ0v) is 17.2. The predicted octanol–water partition coefficient (Wildman–Crippen LogP) is 7.09. The van der Waals surface area contributed by atoms with Gasteiger partial charge in [0.15, 0.2) is 11.6 Å². The van der Waals surface area contributed by atoms with Crippen molar-refractivity contribution in [2.75, 3.05) is 7.11 Å². The standard InChI is InChI=1S/C25H25F3O2/c1-3-4-5-6-19-11-14-23(25(28)24(19)27)30-16-17-7-9-18(10-8-17)21-13-12-20(29-2)15-22(21)26/h7-15H,3-6,16H2,1-2H3. The lowest BCUT2D eigenvalue weighted by Crippen LogP contribution is -2.02. The average molecular weight is 414 g/mol. The van der Waals surface area contributed by atoms with Crippen molar-refractivity contribution in [3.63, 3.8) is 0 Å². The summed E-state index contributed by atoms with van der Waals surface area (Å²) in [5.74, 6) is -1.84. The molecule has 3 aromatic carbocycles. The molecule has 0 unspecified atom stereocenters. The topological polar surface area (TPSA) is 18.5 Å². The molecule has 0 aromatic heterocycles. The third kappa shape index (κ3) is 5.15. The van der Waals surface area contributed by atoms with Crippen molar-refractivity contribution >= 4 is 0 Å². The van der Waals surface area contributed by atoms with E-state index < -0.39 is 11.6 Å². The minimum Gasteiger partial charge on any atom is -0.497 e. The Morgan fingerprint density at radius 1 is 0.833 bits per heavy atom. The molecule has 0 radical (unpaired) electrons. The van der Waals surface area contributed by atoms with Gasteiger partial charge in [-0.2, -0.15) is 4.39 Å². The second-order valence-corrected chi connectivity index (χ2v) is 7.14. The summed E-state index contributed by atoms with van der Waals surface area (Å²) >= 11 is 0. The second-order valence-electron chi connectivity index (χ2n) is 7.14. The largest absolute Gasteiger partial charge is 0.497 e. The lowest BCUT2D eigenvalue weighted by Gasteiger charge is -2.11. The van der Waals surface area contributed by atoms with Crippen LogP contribution < -0.4 is 9.47 Å². The van der Waals surface area contributed by atoms with Crippen LogP contribution in [0, 0.1) is 17.5 Å². The summed E-state index contributed by atoms with van der Waals surface area (Å²) in [5, 5.41) is 0. The van der Waals surface area contributed by atoms with Crippen molar-refractivity contribution in [3.8, 4) is 22.6 Å². The molecular weight excluding hydrogens is 389 g/mol. The molecule has 3 rings (SSSR count). The minimum absolute atomic E-state index is 0.0803. The molecule has 0 fully saturated rings. The number of ether oxygens (including phenoxy) is 2. The molecule has 0 spiro atoms. The van der Waals surface area contributed by atoms with Crippen molar-refractivity contribution in [1.82, 2.24) is 0 Å². The molecule has 3 aromatic rings. The van der Waals surface area contributed by atoms with Crippen LogP contribution in [-0.2, 0) is 13.0 Å². The zero-order valence-electron chi connectivity index (χ0n) is 17.2. The quantitative estimate of drug-likeness (QED) is 0.348. The Balaban J connectivity index is 1.66. The summed E-state index contributed by atoms with van der Waals surface area (Å²) < 4.78 is 53.3. The van der Waals surface area contributed by atoms with E-state index in [9.17, 15) is 13.2 Å². The van der Waals surface area contributed by atoms with Crippen LogP contribution in [0.1, 0.15) is 37.3 Å². The van der Waals surface area contributed by atoms with Crippen LogP contribution in [0.2, 0.25) is 0 Å². The molecule has 0 saturated heterocycles. The highest BCUT2D eigenvalue weighted by Crippen LogP contribution is 2.28. The number of aryl methyl sites for hydroxylation is 1. The van der Waals surface area contributed by atoms with Crippen LogP contribution >= 0.6 is 0 Å². The van der Waals surface area contributed by atoms with Gasteiger partial charge in [-0.1, -0.05) is 50.1 Å².